The summed E-state index contributed by atoms with van der Waals surface area (Å²) in [6, 6.07) is 3.84. The second kappa shape index (κ2) is 6.39. The van der Waals surface area contributed by atoms with Gasteiger partial charge in [-0.2, -0.15) is 18.3 Å². The van der Waals surface area contributed by atoms with E-state index in [4.69, 9.17) is 21.5 Å². The van der Waals surface area contributed by atoms with Crippen LogP contribution in [-0.2, 0) is 11.2 Å². The molecule has 0 aromatic carbocycles. The molecular weight excluding hydrogens is 359 g/mol. The lowest BCUT2D eigenvalue weighted by Crippen LogP contribution is -2.61. The van der Waals surface area contributed by atoms with Crippen LogP contribution in [0.5, 0.6) is 0 Å². The Kier molecular flexibility index (Phi) is 4.70. The van der Waals surface area contributed by atoms with E-state index in [1.807, 2.05) is 12.1 Å². The third-order valence-corrected chi connectivity index (χ3v) is 5.69. The number of alkyl halides is 3. The molecule has 2 aliphatic carbocycles. The molecule has 1 atom stereocenters. The van der Waals surface area contributed by atoms with Crippen molar-refractivity contribution in [2.24, 2.45) is 16.7 Å². The number of carbonyl (C=O) groups is 1. The molecule has 5 nitrogen and oxygen atoms in total. The van der Waals surface area contributed by atoms with Crippen LogP contribution in [0.2, 0.25) is 5.15 Å². The lowest BCUT2D eigenvalue weighted by Gasteiger charge is -2.56. The predicted octanol–water partition coefficient (Wildman–Crippen LogP) is 3.09. The van der Waals surface area contributed by atoms with Gasteiger partial charge in [0.25, 0.3) is 0 Å². The largest absolute Gasteiger partial charge is 0.490 e. The average molecular weight is 378 g/mol. The Balaban J connectivity index is 0.000000225. The minimum Gasteiger partial charge on any atom is -0.475 e. The fourth-order valence-electron chi connectivity index (χ4n) is 4.24. The normalized spacial score (nSPS) is 24.7. The van der Waals surface area contributed by atoms with Gasteiger partial charge in [-0.05, 0) is 61.0 Å². The minimum absolute atomic E-state index is 0.486. The SMILES string of the molecule is Clc1ccc(CCC2CC23CC2(CNC2)C3)nn1.O=C(O)C(F)(F)F. The number of hydrogen-bond acceptors (Lipinski definition) is 4. The summed E-state index contributed by atoms with van der Waals surface area (Å²) in [5.74, 6) is -1.81. The molecule has 0 radical (unpaired) electrons. The number of halogens is 4. The zero-order valence-corrected chi connectivity index (χ0v) is 14.2. The number of nitrogens with zero attached hydrogens (tertiary/aromatic N) is 2. The average Bonchev–Trinajstić information content (AvgIpc) is 3.17. The lowest BCUT2D eigenvalue weighted by atomic mass is 9.55. The van der Waals surface area contributed by atoms with Gasteiger partial charge in [-0.3, -0.25) is 0 Å². The van der Waals surface area contributed by atoms with Gasteiger partial charge in [0.15, 0.2) is 5.15 Å². The summed E-state index contributed by atoms with van der Waals surface area (Å²) in [5, 5.41) is 19.1. The van der Waals surface area contributed by atoms with Gasteiger partial charge in [-0.1, -0.05) is 11.6 Å². The van der Waals surface area contributed by atoms with E-state index in [9.17, 15) is 13.2 Å². The molecule has 138 valence electrons. The summed E-state index contributed by atoms with van der Waals surface area (Å²) in [7, 11) is 0. The van der Waals surface area contributed by atoms with Crippen molar-refractivity contribution in [3.8, 4) is 0 Å². The second-order valence-corrected chi connectivity index (χ2v) is 7.80. The van der Waals surface area contributed by atoms with E-state index in [0.717, 1.165) is 28.9 Å². The topological polar surface area (TPSA) is 75.1 Å². The fourth-order valence-corrected chi connectivity index (χ4v) is 4.34. The zero-order valence-electron chi connectivity index (χ0n) is 13.4. The molecule has 9 heteroatoms. The maximum Gasteiger partial charge on any atom is 0.490 e. The van der Waals surface area contributed by atoms with Gasteiger partial charge in [0.1, 0.15) is 0 Å². The number of hydrogen-bond donors (Lipinski definition) is 2. The van der Waals surface area contributed by atoms with Crippen molar-refractivity contribution in [2.75, 3.05) is 13.1 Å². The van der Waals surface area contributed by atoms with Gasteiger partial charge < -0.3 is 10.4 Å². The summed E-state index contributed by atoms with van der Waals surface area (Å²) < 4.78 is 31.7. The third-order valence-electron chi connectivity index (χ3n) is 5.49. The molecular formula is C16H19ClF3N3O2. The van der Waals surface area contributed by atoms with Crippen LogP contribution in [0.4, 0.5) is 13.2 Å². The predicted molar refractivity (Wildman–Crippen MR) is 84.1 cm³/mol. The quantitative estimate of drug-likeness (QED) is 0.846. The van der Waals surface area contributed by atoms with Gasteiger partial charge in [-0.15, -0.1) is 5.10 Å². The maximum absolute atomic E-state index is 10.6. The van der Waals surface area contributed by atoms with E-state index < -0.39 is 12.1 Å². The summed E-state index contributed by atoms with van der Waals surface area (Å²) in [5.41, 5.74) is 2.54. The van der Waals surface area contributed by atoms with Crippen molar-refractivity contribution >= 4 is 17.6 Å². The Bertz CT molecular complexity index is 639. The third kappa shape index (κ3) is 4.06. The molecule has 3 aliphatic rings. The molecule has 2 saturated carbocycles. The zero-order chi connectivity index (χ0) is 18.3. The lowest BCUT2D eigenvalue weighted by molar-refractivity contribution is -0.192. The van der Waals surface area contributed by atoms with Crippen molar-refractivity contribution in [2.45, 2.75) is 38.3 Å². The maximum atomic E-state index is 10.6. The van der Waals surface area contributed by atoms with E-state index >= 15 is 0 Å². The molecule has 0 bridgehead atoms. The number of aryl methyl sites for hydroxylation is 1. The van der Waals surface area contributed by atoms with Crippen LogP contribution >= 0.6 is 11.6 Å². The van der Waals surface area contributed by atoms with Crippen molar-refractivity contribution in [1.29, 1.82) is 0 Å². The van der Waals surface area contributed by atoms with Crippen LogP contribution < -0.4 is 5.32 Å². The van der Waals surface area contributed by atoms with Crippen molar-refractivity contribution < 1.29 is 23.1 Å². The Morgan fingerprint density at radius 3 is 2.40 bits per heavy atom. The van der Waals surface area contributed by atoms with Gasteiger partial charge in [0, 0.05) is 13.1 Å². The first-order valence-electron chi connectivity index (χ1n) is 8.13. The number of rotatable bonds is 3. The van der Waals surface area contributed by atoms with Gasteiger partial charge in [0.2, 0.25) is 0 Å². The highest BCUT2D eigenvalue weighted by Crippen LogP contribution is 2.73. The second-order valence-electron chi connectivity index (χ2n) is 7.41. The highest BCUT2D eigenvalue weighted by molar-refractivity contribution is 6.29. The molecule has 2 heterocycles. The molecule has 1 aromatic heterocycles. The van der Waals surface area contributed by atoms with Crippen molar-refractivity contribution in [3.63, 3.8) is 0 Å². The smallest absolute Gasteiger partial charge is 0.475 e. The molecule has 1 unspecified atom stereocenters. The first kappa shape index (κ1) is 18.4. The van der Waals surface area contributed by atoms with E-state index in [1.165, 1.54) is 38.8 Å². The van der Waals surface area contributed by atoms with Crippen LogP contribution in [0.25, 0.3) is 0 Å². The van der Waals surface area contributed by atoms with E-state index in [0.29, 0.717) is 5.15 Å². The van der Waals surface area contributed by atoms with Crippen LogP contribution in [0.15, 0.2) is 12.1 Å². The van der Waals surface area contributed by atoms with E-state index in [2.05, 4.69) is 15.5 Å². The molecule has 2 spiro atoms. The summed E-state index contributed by atoms with van der Waals surface area (Å²) >= 11 is 5.74. The highest BCUT2D eigenvalue weighted by atomic mass is 35.5. The molecule has 2 N–H and O–H groups in total. The Hall–Kier alpha value is -1.41. The van der Waals surface area contributed by atoms with Gasteiger partial charge >= 0.3 is 12.1 Å². The van der Waals surface area contributed by atoms with Crippen LogP contribution in [0.1, 0.15) is 31.4 Å². The first-order chi connectivity index (χ1) is 11.6. The Morgan fingerprint density at radius 1 is 1.32 bits per heavy atom. The van der Waals surface area contributed by atoms with Gasteiger partial charge in [0.05, 0.1) is 5.69 Å². The summed E-state index contributed by atoms with van der Waals surface area (Å²) in [6.45, 7) is 2.54. The molecule has 4 rings (SSSR count). The van der Waals surface area contributed by atoms with E-state index in [1.54, 1.807) is 0 Å². The number of aromatic nitrogens is 2. The molecule has 0 amide bonds. The number of carboxylic acids is 1. The van der Waals surface area contributed by atoms with E-state index in [-0.39, 0.29) is 0 Å². The first-order valence-corrected chi connectivity index (χ1v) is 8.51. The fraction of sp³-hybridized carbons (Fsp3) is 0.688. The minimum atomic E-state index is -5.08. The molecule has 3 fully saturated rings. The van der Waals surface area contributed by atoms with Gasteiger partial charge in [-0.25, -0.2) is 4.79 Å². The molecule has 1 aliphatic heterocycles. The molecule has 25 heavy (non-hydrogen) atoms. The Morgan fingerprint density at radius 2 is 1.96 bits per heavy atom. The molecule has 1 saturated heterocycles. The standard InChI is InChI=1S/C14H18ClN3.C2HF3O2/c15-12-4-3-11(17-18-12)2-1-10-5-14(10)6-13(7-14)8-16-9-13;3-2(4,5)1(6)7/h3-4,10,16H,1-2,5-9H2;(H,6,7). The van der Waals surface area contributed by atoms with Crippen LogP contribution in [0.3, 0.4) is 0 Å². The Labute approximate surface area is 148 Å². The monoisotopic (exact) mass is 377 g/mol. The summed E-state index contributed by atoms with van der Waals surface area (Å²) in [6.07, 6.45) is 1.66. The van der Waals surface area contributed by atoms with Crippen LogP contribution in [-0.4, -0.2) is 40.5 Å². The number of aliphatic carboxylic acids is 1. The van der Waals surface area contributed by atoms with Crippen LogP contribution in [0, 0.1) is 16.7 Å². The molecule has 1 aromatic rings. The number of nitrogens with one attached hydrogen (secondary N) is 1. The number of carboxylic acid groups (broad SMARTS) is 1. The van der Waals surface area contributed by atoms with Crippen molar-refractivity contribution in [1.82, 2.24) is 15.5 Å². The summed E-state index contributed by atoms with van der Waals surface area (Å²) in [4.78, 5) is 8.90. The van der Waals surface area contributed by atoms with Crippen molar-refractivity contribution in [3.05, 3.63) is 23.0 Å². The highest BCUT2D eigenvalue weighted by Gasteiger charge is 2.67.